The van der Waals surface area contributed by atoms with Crippen LogP contribution in [0.1, 0.15) is 23.0 Å². The maximum absolute atomic E-state index is 12.6. The van der Waals surface area contributed by atoms with E-state index in [0.29, 0.717) is 11.4 Å². The van der Waals surface area contributed by atoms with Crippen LogP contribution in [0.5, 0.6) is 5.75 Å². The molecule has 0 radical (unpaired) electrons. The zero-order valence-corrected chi connectivity index (χ0v) is 18.9. The zero-order valence-electron chi connectivity index (χ0n) is 17.3. The summed E-state index contributed by atoms with van der Waals surface area (Å²) in [5, 5.41) is 8.50. The fraction of sp³-hybridized carbons (Fsp3) is 0.136. The summed E-state index contributed by atoms with van der Waals surface area (Å²) >= 11 is 1.18. The number of carbonyl (C=O) groups is 1. The van der Waals surface area contributed by atoms with Crippen molar-refractivity contribution < 1.29 is 22.5 Å². The normalized spacial score (nSPS) is 15.0. The minimum Gasteiger partial charge on any atom is -0.490 e. The van der Waals surface area contributed by atoms with Crippen LogP contribution in [-0.4, -0.2) is 30.6 Å². The van der Waals surface area contributed by atoms with Gasteiger partial charge in [0.05, 0.1) is 4.90 Å². The van der Waals surface area contributed by atoms with Gasteiger partial charge in [0.15, 0.2) is 16.6 Å². The van der Waals surface area contributed by atoms with Crippen LogP contribution in [0.3, 0.4) is 0 Å². The van der Waals surface area contributed by atoms with E-state index in [0.717, 1.165) is 23.3 Å². The second-order valence-electron chi connectivity index (χ2n) is 7.45. The number of nitrogens with zero attached hydrogens (tertiary/aromatic N) is 2. The lowest BCUT2D eigenvalue weighted by atomic mass is 10.1. The zero-order chi connectivity index (χ0) is 23.0. The molecule has 1 unspecified atom stereocenters. The fourth-order valence-electron chi connectivity index (χ4n) is 3.45. The van der Waals surface area contributed by atoms with Crippen LogP contribution in [0.2, 0.25) is 0 Å². The molecule has 0 saturated carbocycles. The van der Waals surface area contributed by atoms with Gasteiger partial charge in [0.25, 0.3) is 15.9 Å². The molecule has 11 heteroatoms. The third kappa shape index (κ3) is 4.45. The van der Waals surface area contributed by atoms with E-state index in [1.165, 1.54) is 41.8 Å². The monoisotopic (exact) mass is 482 g/mol. The lowest BCUT2D eigenvalue weighted by molar-refractivity contribution is 0.101. The van der Waals surface area contributed by atoms with E-state index in [1.807, 2.05) is 25.1 Å². The van der Waals surface area contributed by atoms with Gasteiger partial charge in [0.1, 0.15) is 11.9 Å². The first-order valence-corrected chi connectivity index (χ1v) is 12.3. The summed E-state index contributed by atoms with van der Waals surface area (Å²) in [5.41, 5.74) is 2.42. The third-order valence-electron chi connectivity index (χ3n) is 5.00. The molecular weight excluding hydrogens is 464 g/mol. The number of thiazole rings is 1. The lowest BCUT2D eigenvalue weighted by Crippen LogP contribution is -2.14. The summed E-state index contributed by atoms with van der Waals surface area (Å²) in [4.78, 5) is 16.6. The van der Waals surface area contributed by atoms with Crippen molar-refractivity contribution >= 4 is 38.1 Å². The van der Waals surface area contributed by atoms with Crippen LogP contribution in [0, 0.1) is 0 Å². The molecule has 3 heterocycles. The van der Waals surface area contributed by atoms with Gasteiger partial charge in [0, 0.05) is 35.3 Å². The molecule has 1 aliphatic heterocycles. The highest BCUT2D eigenvalue weighted by Crippen LogP contribution is 2.33. The molecule has 0 bridgehead atoms. The van der Waals surface area contributed by atoms with Crippen LogP contribution in [0.25, 0.3) is 11.3 Å². The van der Waals surface area contributed by atoms with Crippen molar-refractivity contribution in [3.05, 3.63) is 71.4 Å². The summed E-state index contributed by atoms with van der Waals surface area (Å²) in [6.45, 7) is 2.01. The Hall–Kier alpha value is -3.70. The molecule has 0 saturated heterocycles. The molecule has 0 spiro atoms. The van der Waals surface area contributed by atoms with E-state index in [4.69, 9.17) is 9.26 Å². The summed E-state index contributed by atoms with van der Waals surface area (Å²) < 4.78 is 38.3. The number of benzene rings is 2. The number of fused-ring (bicyclic) bond motifs is 1. The standard InChI is InChI=1S/C22H18N4O5S2/c1-13-10-15-11-14(2-7-19(15)30-13)20-12-18(25-31-20)21(27)24-16-3-5-17(6-4-16)33(28,29)26-22-23-8-9-32-22/h2-9,11-13H,10H2,1H3,(H,23,26)(H,24,27). The molecule has 0 aliphatic carbocycles. The molecule has 9 nitrogen and oxygen atoms in total. The van der Waals surface area contributed by atoms with Gasteiger partial charge < -0.3 is 14.6 Å². The second kappa shape index (κ2) is 8.34. The topological polar surface area (TPSA) is 123 Å². The molecule has 4 aromatic rings. The molecule has 0 fully saturated rings. The van der Waals surface area contributed by atoms with Crippen LogP contribution >= 0.6 is 11.3 Å². The van der Waals surface area contributed by atoms with Crippen molar-refractivity contribution in [3.63, 3.8) is 0 Å². The Morgan fingerprint density at radius 2 is 1.97 bits per heavy atom. The van der Waals surface area contributed by atoms with Gasteiger partial charge in [-0.2, -0.15) is 0 Å². The first-order chi connectivity index (χ1) is 15.9. The van der Waals surface area contributed by atoms with Gasteiger partial charge in [-0.05, 0) is 55.0 Å². The summed E-state index contributed by atoms with van der Waals surface area (Å²) in [5.74, 6) is 0.855. The molecule has 2 N–H and O–H groups in total. The Morgan fingerprint density at radius 1 is 1.15 bits per heavy atom. The number of aromatic nitrogens is 2. The quantitative estimate of drug-likeness (QED) is 0.423. The van der Waals surface area contributed by atoms with Crippen molar-refractivity contribution in [2.24, 2.45) is 0 Å². The number of amides is 1. The number of sulfonamides is 1. The Morgan fingerprint density at radius 3 is 2.73 bits per heavy atom. The summed E-state index contributed by atoms with van der Waals surface area (Å²) in [7, 11) is -3.77. The van der Waals surface area contributed by atoms with E-state index < -0.39 is 15.9 Å². The van der Waals surface area contributed by atoms with Gasteiger partial charge in [-0.1, -0.05) is 5.16 Å². The van der Waals surface area contributed by atoms with Crippen LogP contribution < -0.4 is 14.8 Å². The molecule has 1 atom stereocenters. The summed E-state index contributed by atoms with van der Waals surface area (Å²) in [6.07, 6.45) is 2.46. The van der Waals surface area contributed by atoms with Crippen molar-refractivity contribution in [1.82, 2.24) is 10.1 Å². The van der Waals surface area contributed by atoms with Gasteiger partial charge >= 0.3 is 0 Å². The molecule has 1 amide bonds. The van der Waals surface area contributed by atoms with Gasteiger partial charge in [0.2, 0.25) is 0 Å². The van der Waals surface area contributed by atoms with Crippen molar-refractivity contribution in [2.45, 2.75) is 24.3 Å². The van der Waals surface area contributed by atoms with E-state index in [1.54, 1.807) is 11.4 Å². The van der Waals surface area contributed by atoms with Crippen LogP contribution in [-0.2, 0) is 16.4 Å². The maximum atomic E-state index is 12.6. The van der Waals surface area contributed by atoms with Crippen molar-refractivity contribution in [3.8, 4) is 17.1 Å². The molecule has 168 valence electrons. The first-order valence-electron chi connectivity index (χ1n) is 9.98. The second-order valence-corrected chi connectivity index (χ2v) is 10.0. The SMILES string of the molecule is CC1Cc2cc(-c3cc(C(=O)Nc4ccc(S(=O)(=O)Nc5nccs5)cc4)no3)ccc2O1. The number of hydrogen-bond acceptors (Lipinski definition) is 8. The highest BCUT2D eigenvalue weighted by molar-refractivity contribution is 7.93. The predicted octanol–water partition coefficient (Wildman–Crippen LogP) is 4.17. The molecule has 2 aromatic carbocycles. The first kappa shape index (κ1) is 21.2. The highest BCUT2D eigenvalue weighted by atomic mass is 32.2. The molecule has 5 rings (SSSR count). The largest absolute Gasteiger partial charge is 0.490 e. The van der Waals surface area contributed by atoms with E-state index in [2.05, 4.69) is 20.2 Å². The smallest absolute Gasteiger partial charge is 0.277 e. The lowest BCUT2D eigenvalue weighted by Gasteiger charge is -2.07. The van der Waals surface area contributed by atoms with Crippen LogP contribution in [0.15, 0.2) is 69.5 Å². The average molecular weight is 483 g/mol. The molecule has 1 aliphatic rings. The van der Waals surface area contributed by atoms with Gasteiger partial charge in [-0.25, -0.2) is 13.4 Å². The highest BCUT2D eigenvalue weighted by Gasteiger charge is 2.21. The number of hydrogen-bond donors (Lipinski definition) is 2. The van der Waals surface area contributed by atoms with Gasteiger partial charge in [-0.15, -0.1) is 11.3 Å². The maximum Gasteiger partial charge on any atom is 0.277 e. The number of ether oxygens (including phenoxy) is 1. The Bertz CT molecular complexity index is 1410. The fourth-order valence-corrected chi connectivity index (χ4v) is 5.24. The third-order valence-corrected chi connectivity index (χ3v) is 7.17. The molecule has 2 aromatic heterocycles. The number of anilines is 2. The average Bonchev–Trinajstić information content (AvgIpc) is 3.53. The Labute approximate surface area is 193 Å². The van der Waals surface area contributed by atoms with Crippen molar-refractivity contribution in [2.75, 3.05) is 10.0 Å². The van der Waals surface area contributed by atoms with E-state index >= 15 is 0 Å². The number of carbonyl (C=O) groups excluding carboxylic acids is 1. The minimum atomic E-state index is -3.77. The van der Waals surface area contributed by atoms with Crippen LogP contribution in [0.4, 0.5) is 10.8 Å². The summed E-state index contributed by atoms with van der Waals surface area (Å²) in [6, 6.07) is 13.1. The predicted molar refractivity (Wildman–Crippen MR) is 123 cm³/mol. The molecular formula is C22H18N4O5S2. The van der Waals surface area contributed by atoms with Gasteiger partial charge in [-0.3, -0.25) is 9.52 Å². The minimum absolute atomic E-state index is 0.0503. The van der Waals surface area contributed by atoms with Crippen molar-refractivity contribution in [1.29, 1.82) is 0 Å². The Kier molecular flexibility index (Phi) is 5.35. The number of rotatable bonds is 6. The molecule has 33 heavy (non-hydrogen) atoms. The Balaban J connectivity index is 1.27. The number of nitrogens with one attached hydrogen (secondary N) is 2. The van der Waals surface area contributed by atoms with E-state index in [-0.39, 0.29) is 21.8 Å². The van der Waals surface area contributed by atoms with E-state index in [9.17, 15) is 13.2 Å².